The molecule has 7 nitrogen and oxygen atoms in total. The van der Waals surface area contributed by atoms with Gasteiger partial charge in [0, 0.05) is 11.8 Å². The van der Waals surface area contributed by atoms with E-state index in [1.807, 2.05) is 0 Å². The first-order valence-electron chi connectivity index (χ1n) is 5.64. The van der Waals surface area contributed by atoms with E-state index in [4.69, 9.17) is 4.74 Å². The molecule has 2 rings (SSSR count). The van der Waals surface area contributed by atoms with Gasteiger partial charge >= 0.3 is 12.1 Å². The Morgan fingerprint density at radius 1 is 1.68 bits per heavy atom. The summed E-state index contributed by atoms with van der Waals surface area (Å²) in [5.74, 6) is -0.606. The van der Waals surface area contributed by atoms with E-state index < -0.39 is 18.1 Å². The topological polar surface area (TPSA) is 92.6 Å². The number of aromatic nitrogens is 2. The molecule has 1 aromatic rings. The zero-order chi connectivity index (χ0) is 14.0. The van der Waals surface area contributed by atoms with Gasteiger partial charge in [0.2, 0.25) is 0 Å². The highest BCUT2D eigenvalue weighted by atomic mass is 16.6. The predicted molar refractivity (Wildman–Crippen MR) is 64.2 cm³/mol. The quantitative estimate of drug-likeness (QED) is 0.819. The summed E-state index contributed by atoms with van der Waals surface area (Å²) in [6.07, 6.45) is 2.15. The van der Waals surface area contributed by atoms with Crippen molar-refractivity contribution in [2.75, 3.05) is 6.61 Å². The standard InChI is InChI=1S/C12H13N3O4/c1-3-4-19-12(18)15-6-9-8(10(15)11(16)17)5-13-7(2)14-9/h3,5,10H,1,4,6H2,2H3,(H,16,17). The summed E-state index contributed by atoms with van der Waals surface area (Å²) in [4.78, 5) is 32.4. The number of hydrogen-bond donors (Lipinski definition) is 1. The largest absolute Gasteiger partial charge is 0.479 e. The average molecular weight is 263 g/mol. The van der Waals surface area contributed by atoms with Crippen LogP contribution in [0.15, 0.2) is 18.9 Å². The highest BCUT2D eigenvalue weighted by Crippen LogP contribution is 2.32. The first-order chi connectivity index (χ1) is 9.04. The van der Waals surface area contributed by atoms with Crippen LogP contribution in [0.2, 0.25) is 0 Å². The van der Waals surface area contributed by atoms with Gasteiger partial charge in [-0.25, -0.2) is 19.6 Å². The number of carbonyl (C=O) groups is 2. The predicted octanol–water partition coefficient (Wildman–Crippen LogP) is 1.05. The Bertz CT molecular complexity index is 544. The number of carbonyl (C=O) groups excluding carboxylic acids is 1. The van der Waals surface area contributed by atoms with Crippen LogP contribution in [0.3, 0.4) is 0 Å². The number of rotatable bonds is 3. The summed E-state index contributed by atoms with van der Waals surface area (Å²) >= 11 is 0. The molecule has 1 aliphatic rings. The molecular formula is C12H13N3O4. The summed E-state index contributed by atoms with van der Waals surface area (Å²) in [6.45, 7) is 5.27. The minimum atomic E-state index is -1.14. The molecule has 100 valence electrons. The Kier molecular flexibility index (Phi) is 3.46. The van der Waals surface area contributed by atoms with Crippen molar-refractivity contribution in [3.05, 3.63) is 35.9 Å². The second kappa shape index (κ2) is 5.05. The van der Waals surface area contributed by atoms with Crippen molar-refractivity contribution in [1.82, 2.24) is 14.9 Å². The fourth-order valence-electron chi connectivity index (χ4n) is 1.95. The van der Waals surface area contributed by atoms with E-state index in [2.05, 4.69) is 16.5 Å². The van der Waals surface area contributed by atoms with Gasteiger partial charge in [0.05, 0.1) is 12.2 Å². The summed E-state index contributed by atoms with van der Waals surface area (Å²) < 4.78 is 4.87. The molecule has 1 N–H and O–H groups in total. The van der Waals surface area contributed by atoms with Crippen LogP contribution in [-0.2, 0) is 16.1 Å². The van der Waals surface area contributed by atoms with Crippen LogP contribution in [-0.4, -0.2) is 38.6 Å². The lowest BCUT2D eigenvalue weighted by molar-refractivity contribution is -0.142. The van der Waals surface area contributed by atoms with Crippen molar-refractivity contribution < 1.29 is 19.4 Å². The van der Waals surface area contributed by atoms with E-state index in [-0.39, 0.29) is 13.2 Å². The maximum Gasteiger partial charge on any atom is 0.411 e. The summed E-state index contributed by atoms with van der Waals surface area (Å²) in [5.41, 5.74) is 0.962. The third-order valence-corrected chi connectivity index (χ3v) is 2.74. The molecule has 0 saturated heterocycles. The number of ether oxygens (including phenoxy) is 1. The molecule has 0 aliphatic carbocycles. The fraction of sp³-hybridized carbons (Fsp3) is 0.333. The molecule has 0 bridgehead atoms. The van der Waals surface area contributed by atoms with Crippen molar-refractivity contribution in [1.29, 1.82) is 0 Å². The molecule has 19 heavy (non-hydrogen) atoms. The minimum absolute atomic E-state index is 0.0305. The zero-order valence-electron chi connectivity index (χ0n) is 10.4. The Morgan fingerprint density at radius 3 is 3.05 bits per heavy atom. The first-order valence-corrected chi connectivity index (χ1v) is 5.64. The lowest BCUT2D eigenvalue weighted by atomic mass is 10.1. The van der Waals surface area contributed by atoms with Crippen LogP contribution < -0.4 is 0 Å². The van der Waals surface area contributed by atoms with E-state index in [0.29, 0.717) is 17.1 Å². The summed E-state index contributed by atoms with van der Waals surface area (Å²) in [7, 11) is 0. The maximum atomic E-state index is 11.8. The molecule has 1 amide bonds. The molecular weight excluding hydrogens is 250 g/mol. The van der Waals surface area contributed by atoms with Gasteiger partial charge in [0.15, 0.2) is 6.04 Å². The molecule has 1 unspecified atom stereocenters. The summed E-state index contributed by atoms with van der Waals surface area (Å²) in [6, 6.07) is -1.10. The zero-order valence-corrected chi connectivity index (χ0v) is 10.4. The molecule has 1 aliphatic heterocycles. The van der Waals surface area contributed by atoms with Crippen LogP contribution >= 0.6 is 0 Å². The van der Waals surface area contributed by atoms with Crippen molar-refractivity contribution in [2.45, 2.75) is 19.5 Å². The molecule has 1 aromatic heterocycles. The van der Waals surface area contributed by atoms with E-state index in [1.165, 1.54) is 12.3 Å². The number of nitrogens with zero attached hydrogens (tertiary/aromatic N) is 3. The summed E-state index contributed by atoms with van der Waals surface area (Å²) in [5, 5.41) is 9.25. The highest BCUT2D eigenvalue weighted by molar-refractivity contribution is 5.83. The number of carboxylic acids is 1. The van der Waals surface area contributed by atoms with E-state index in [9.17, 15) is 14.7 Å². The van der Waals surface area contributed by atoms with Crippen molar-refractivity contribution in [2.24, 2.45) is 0 Å². The van der Waals surface area contributed by atoms with Crippen molar-refractivity contribution in [3.8, 4) is 0 Å². The minimum Gasteiger partial charge on any atom is -0.479 e. The van der Waals surface area contributed by atoms with Gasteiger partial charge in [-0.15, -0.1) is 0 Å². The van der Waals surface area contributed by atoms with Crippen LogP contribution in [0.4, 0.5) is 4.79 Å². The van der Waals surface area contributed by atoms with Gasteiger partial charge < -0.3 is 9.84 Å². The van der Waals surface area contributed by atoms with Crippen molar-refractivity contribution in [3.63, 3.8) is 0 Å². The second-order valence-electron chi connectivity index (χ2n) is 4.05. The average Bonchev–Trinajstić information content (AvgIpc) is 2.74. The molecule has 0 aromatic carbocycles. The van der Waals surface area contributed by atoms with Gasteiger partial charge in [0.1, 0.15) is 12.4 Å². The van der Waals surface area contributed by atoms with Gasteiger partial charge in [-0.3, -0.25) is 4.90 Å². The highest BCUT2D eigenvalue weighted by Gasteiger charge is 2.40. The third-order valence-electron chi connectivity index (χ3n) is 2.74. The number of amides is 1. The monoisotopic (exact) mass is 263 g/mol. The van der Waals surface area contributed by atoms with Gasteiger partial charge in [0.25, 0.3) is 0 Å². The van der Waals surface area contributed by atoms with E-state index >= 15 is 0 Å². The number of aryl methyl sites for hydroxylation is 1. The van der Waals surface area contributed by atoms with Gasteiger partial charge in [-0.1, -0.05) is 12.7 Å². The Labute approximate surface area is 109 Å². The van der Waals surface area contributed by atoms with Crippen molar-refractivity contribution >= 4 is 12.1 Å². The fourth-order valence-corrected chi connectivity index (χ4v) is 1.95. The molecule has 0 saturated carbocycles. The molecule has 0 spiro atoms. The Balaban J connectivity index is 2.30. The molecule has 1 atom stereocenters. The Hall–Kier alpha value is -2.44. The first kappa shape index (κ1) is 13.0. The smallest absolute Gasteiger partial charge is 0.411 e. The number of carboxylic acid groups (broad SMARTS) is 1. The number of fused-ring (bicyclic) bond motifs is 1. The molecule has 7 heteroatoms. The second-order valence-corrected chi connectivity index (χ2v) is 4.05. The maximum absolute atomic E-state index is 11.8. The van der Waals surface area contributed by atoms with E-state index in [1.54, 1.807) is 6.92 Å². The number of hydrogen-bond acceptors (Lipinski definition) is 5. The number of aliphatic carboxylic acids is 1. The lowest BCUT2D eigenvalue weighted by Crippen LogP contribution is -2.34. The van der Waals surface area contributed by atoms with Crippen LogP contribution in [0, 0.1) is 6.92 Å². The van der Waals surface area contributed by atoms with Crippen LogP contribution in [0.5, 0.6) is 0 Å². The molecule has 2 heterocycles. The Morgan fingerprint density at radius 2 is 2.42 bits per heavy atom. The third kappa shape index (κ3) is 2.40. The molecule has 0 fully saturated rings. The van der Waals surface area contributed by atoms with Gasteiger partial charge in [-0.05, 0) is 6.92 Å². The van der Waals surface area contributed by atoms with Gasteiger partial charge in [-0.2, -0.15) is 0 Å². The van der Waals surface area contributed by atoms with E-state index in [0.717, 1.165) is 4.90 Å². The SMILES string of the molecule is C=CCOC(=O)N1Cc2nc(C)ncc2C1C(=O)O. The molecule has 0 radical (unpaired) electrons. The van der Waals surface area contributed by atoms with Crippen LogP contribution in [0.25, 0.3) is 0 Å². The lowest BCUT2D eigenvalue weighted by Gasteiger charge is -2.20. The van der Waals surface area contributed by atoms with Crippen LogP contribution in [0.1, 0.15) is 23.1 Å². The normalized spacial score (nSPS) is 16.9.